The van der Waals surface area contributed by atoms with E-state index in [1.807, 2.05) is 37.3 Å². The van der Waals surface area contributed by atoms with Gasteiger partial charge in [-0.1, -0.05) is 48.0 Å². The zero-order valence-corrected chi connectivity index (χ0v) is 10.2. The minimum Gasteiger partial charge on any atom is -0.376 e. The van der Waals surface area contributed by atoms with E-state index in [0.29, 0.717) is 5.69 Å². The fraction of sp³-hybridized carbons (Fsp3) is 0.143. The molecule has 2 aromatic rings. The Morgan fingerprint density at radius 1 is 1.06 bits per heavy atom. The van der Waals surface area contributed by atoms with E-state index in [1.165, 1.54) is 6.07 Å². The lowest BCUT2D eigenvalue weighted by Crippen LogP contribution is -2.07. The van der Waals surface area contributed by atoms with Gasteiger partial charge in [0.25, 0.3) is 0 Å². The average molecular weight is 250 g/mol. The molecule has 0 saturated carbocycles. The molecule has 1 unspecified atom stereocenters. The van der Waals surface area contributed by atoms with Crippen molar-refractivity contribution in [1.29, 1.82) is 0 Å². The lowest BCUT2D eigenvalue weighted by molar-refractivity contribution is 0.628. The summed E-state index contributed by atoms with van der Waals surface area (Å²) < 4.78 is 13.7. The average Bonchev–Trinajstić information content (AvgIpc) is 2.36. The van der Waals surface area contributed by atoms with Crippen molar-refractivity contribution < 1.29 is 4.39 Å². The molecular weight excluding hydrogens is 237 g/mol. The maximum absolute atomic E-state index is 13.7. The van der Waals surface area contributed by atoms with Crippen LogP contribution in [0.15, 0.2) is 48.5 Å². The van der Waals surface area contributed by atoms with Gasteiger partial charge in [-0.25, -0.2) is 4.39 Å². The lowest BCUT2D eigenvalue weighted by Gasteiger charge is -2.16. The SMILES string of the molecule is CC(Nc1cccc(Cl)c1F)c1ccccc1. The van der Waals surface area contributed by atoms with E-state index in [9.17, 15) is 4.39 Å². The van der Waals surface area contributed by atoms with Crippen molar-refractivity contribution >= 4 is 17.3 Å². The molecule has 0 saturated heterocycles. The highest BCUT2D eigenvalue weighted by molar-refractivity contribution is 6.31. The molecule has 2 aromatic carbocycles. The number of nitrogens with one attached hydrogen (secondary N) is 1. The Balaban J connectivity index is 2.19. The van der Waals surface area contributed by atoms with Crippen LogP contribution in [0.5, 0.6) is 0 Å². The summed E-state index contributed by atoms with van der Waals surface area (Å²) in [5.41, 5.74) is 1.53. The molecular formula is C14H13ClFN. The van der Waals surface area contributed by atoms with E-state index in [4.69, 9.17) is 11.6 Å². The van der Waals surface area contributed by atoms with Crippen LogP contribution in [-0.2, 0) is 0 Å². The Morgan fingerprint density at radius 3 is 2.47 bits per heavy atom. The van der Waals surface area contributed by atoms with Crippen LogP contribution in [0.4, 0.5) is 10.1 Å². The zero-order valence-electron chi connectivity index (χ0n) is 9.45. The second-order valence-corrected chi connectivity index (χ2v) is 4.29. The molecule has 3 heteroatoms. The monoisotopic (exact) mass is 249 g/mol. The van der Waals surface area contributed by atoms with E-state index < -0.39 is 5.82 Å². The van der Waals surface area contributed by atoms with Crippen molar-refractivity contribution in [1.82, 2.24) is 0 Å². The fourth-order valence-electron chi connectivity index (χ4n) is 1.67. The Labute approximate surface area is 105 Å². The van der Waals surface area contributed by atoms with Crippen molar-refractivity contribution in [3.05, 3.63) is 64.9 Å². The molecule has 0 fully saturated rings. The van der Waals surface area contributed by atoms with Crippen LogP contribution in [0, 0.1) is 5.82 Å². The van der Waals surface area contributed by atoms with Crippen molar-refractivity contribution in [3.8, 4) is 0 Å². The van der Waals surface area contributed by atoms with Crippen LogP contribution in [0.3, 0.4) is 0 Å². The van der Waals surface area contributed by atoms with E-state index >= 15 is 0 Å². The molecule has 0 aliphatic heterocycles. The van der Waals surface area contributed by atoms with Crippen molar-refractivity contribution in [2.75, 3.05) is 5.32 Å². The smallest absolute Gasteiger partial charge is 0.164 e. The molecule has 0 heterocycles. The second-order valence-electron chi connectivity index (χ2n) is 3.88. The molecule has 17 heavy (non-hydrogen) atoms. The molecule has 0 spiro atoms. The number of rotatable bonds is 3. The van der Waals surface area contributed by atoms with Gasteiger partial charge in [0.1, 0.15) is 0 Å². The summed E-state index contributed by atoms with van der Waals surface area (Å²) in [6.45, 7) is 1.98. The topological polar surface area (TPSA) is 12.0 Å². The van der Waals surface area contributed by atoms with Gasteiger partial charge in [0.15, 0.2) is 5.82 Å². The van der Waals surface area contributed by atoms with Gasteiger partial charge in [0.05, 0.1) is 10.7 Å². The molecule has 0 radical (unpaired) electrons. The van der Waals surface area contributed by atoms with Gasteiger partial charge in [-0.3, -0.25) is 0 Å². The van der Waals surface area contributed by atoms with Crippen LogP contribution in [0.1, 0.15) is 18.5 Å². The third-order valence-corrected chi connectivity index (χ3v) is 2.92. The molecule has 1 N–H and O–H groups in total. The van der Waals surface area contributed by atoms with Gasteiger partial charge < -0.3 is 5.32 Å². The van der Waals surface area contributed by atoms with Gasteiger partial charge in [-0.15, -0.1) is 0 Å². The minimum absolute atomic E-state index is 0.0316. The number of hydrogen-bond donors (Lipinski definition) is 1. The molecule has 0 aliphatic rings. The van der Waals surface area contributed by atoms with E-state index in [1.54, 1.807) is 12.1 Å². The summed E-state index contributed by atoms with van der Waals surface area (Å²) in [5, 5.41) is 3.24. The summed E-state index contributed by atoms with van der Waals surface area (Å²) in [5.74, 6) is -0.406. The summed E-state index contributed by atoms with van der Waals surface area (Å²) in [6.07, 6.45) is 0. The predicted octanol–water partition coefficient (Wildman–Crippen LogP) is 4.65. The molecule has 1 atom stereocenters. The largest absolute Gasteiger partial charge is 0.376 e. The number of benzene rings is 2. The van der Waals surface area contributed by atoms with E-state index in [-0.39, 0.29) is 11.1 Å². The third kappa shape index (κ3) is 2.77. The molecule has 0 amide bonds. The third-order valence-electron chi connectivity index (χ3n) is 2.62. The maximum atomic E-state index is 13.7. The summed E-state index contributed by atoms with van der Waals surface area (Å²) in [6, 6.07) is 14.9. The molecule has 1 nitrogen and oxygen atoms in total. The summed E-state index contributed by atoms with van der Waals surface area (Å²) >= 11 is 5.73. The van der Waals surface area contributed by atoms with E-state index in [2.05, 4.69) is 5.32 Å². The highest BCUT2D eigenvalue weighted by atomic mass is 35.5. The Hall–Kier alpha value is -1.54. The lowest BCUT2D eigenvalue weighted by atomic mass is 10.1. The highest BCUT2D eigenvalue weighted by Crippen LogP contribution is 2.25. The quantitative estimate of drug-likeness (QED) is 0.835. The Morgan fingerprint density at radius 2 is 1.76 bits per heavy atom. The Bertz CT molecular complexity index is 499. The van der Waals surface area contributed by atoms with Crippen LogP contribution in [-0.4, -0.2) is 0 Å². The van der Waals surface area contributed by atoms with Gasteiger partial charge in [0, 0.05) is 6.04 Å². The number of halogens is 2. The van der Waals surface area contributed by atoms with Crippen molar-refractivity contribution in [2.45, 2.75) is 13.0 Å². The van der Waals surface area contributed by atoms with Crippen LogP contribution in [0.25, 0.3) is 0 Å². The van der Waals surface area contributed by atoms with Crippen LogP contribution in [0.2, 0.25) is 5.02 Å². The minimum atomic E-state index is -0.406. The van der Waals surface area contributed by atoms with Gasteiger partial charge >= 0.3 is 0 Å². The second kappa shape index (κ2) is 5.19. The van der Waals surface area contributed by atoms with Gasteiger partial charge in [-0.05, 0) is 24.6 Å². The van der Waals surface area contributed by atoms with Crippen LogP contribution < -0.4 is 5.32 Å². The summed E-state index contributed by atoms with van der Waals surface area (Å²) in [7, 11) is 0. The first kappa shape index (κ1) is 11.9. The Kier molecular flexibility index (Phi) is 3.64. The molecule has 0 aromatic heterocycles. The first-order valence-corrected chi connectivity index (χ1v) is 5.82. The zero-order chi connectivity index (χ0) is 12.3. The molecule has 0 aliphatic carbocycles. The van der Waals surface area contributed by atoms with E-state index in [0.717, 1.165) is 5.56 Å². The summed E-state index contributed by atoms with van der Waals surface area (Å²) in [4.78, 5) is 0. The van der Waals surface area contributed by atoms with Crippen molar-refractivity contribution in [2.24, 2.45) is 0 Å². The molecule has 88 valence electrons. The molecule has 2 rings (SSSR count). The number of anilines is 1. The van der Waals surface area contributed by atoms with Gasteiger partial charge in [-0.2, -0.15) is 0 Å². The molecule has 0 bridgehead atoms. The normalized spacial score (nSPS) is 12.2. The predicted molar refractivity (Wildman–Crippen MR) is 69.9 cm³/mol. The van der Waals surface area contributed by atoms with Crippen LogP contribution >= 0.6 is 11.6 Å². The standard InChI is InChI=1S/C14H13ClFN/c1-10(11-6-3-2-4-7-11)17-13-9-5-8-12(15)14(13)16/h2-10,17H,1H3. The first-order valence-electron chi connectivity index (χ1n) is 5.44. The van der Waals surface area contributed by atoms with Crippen molar-refractivity contribution in [3.63, 3.8) is 0 Å². The maximum Gasteiger partial charge on any atom is 0.164 e. The highest BCUT2D eigenvalue weighted by Gasteiger charge is 2.09. The number of hydrogen-bond acceptors (Lipinski definition) is 1. The first-order chi connectivity index (χ1) is 8.18. The fourth-order valence-corrected chi connectivity index (χ4v) is 1.85. The van der Waals surface area contributed by atoms with Gasteiger partial charge in [0.2, 0.25) is 0 Å².